The molecule has 0 fully saturated rings. The van der Waals surface area contributed by atoms with Gasteiger partial charge in [0.05, 0.1) is 5.69 Å². The van der Waals surface area contributed by atoms with Crippen molar-refractivity contribution in [1.29, 1.82) is 0 Å². The van der Waals surface area contributed by atoms with Crippen molar-refractivity contribution in [2.24, 2.45) is 0 Å². The van der Waals surface area contributed by atoms with Crippen LogP contribution in [0, 0.1) is 0 Å². The predicted octanol–water partition coefficient (Wildman–Crippen LogP) is 3.47. The topological polar surface area (TPSA) is 57.6 Å². The number of carbonyl (C=O) groups is 2. The van der Waals surface area contributed by atoms with Gasteiger partial charge in [0, 0.05) is 11.3 Å². The van der Waals surface area contributed by atoms with E-state index in [0.717, 1.165) is 6.42 Å². The van der Waals surface area contributed by atoms with Crippen LogP contribution in [0.4, 0.5) is 11.4 Å². The number of hydrogen-bond acceptors (Lipinski definition) is 3. The molecule has 1 heterocycles. The van der Waals surface area contributed by atoms with Crippen LogP contribution in [0.5, 0.6) is 0 Å². The van der Waals surface area contributed by atoms with Gasteiger partial charge in [0.25, 0.3) is 5.91 Å². The molecule has 1 atom stereocenters. The molecule has 2 aromatic rings. The smallest absolute Gasteiger partial charge is 0.271 e. The van der Waals surface area contributed by atoms with Gasteiger partial charge in [-0.25, -0.2) is 0 Å². The van der Waals surface area contributed by atoms with Crippen LogP contribution in [0.15, 0.2) is 54.6 Å². The minimum Gasteiger partial charge on any atom is -0.373 e. The van der Waals surface area contributed by atoms with Crippen LogP contribution in [0.2, 0.25) is 0 Å². The lowest BCUT2D eigenvalue weighted by molar-refractivity contribution is -0.132. The molecule has 1 N–H and O–H groups in total. The van der Waals surface area contributed by atoms with Gasteiger partial charge in [-0.2, -0.15) is 0 Å². The summed E-state index contributed by atoms with van der Waals surface area (Å²) in [6.07, 6.45) is 1.55. The van der Waals surface area contributed by atoms with E-state index in [0.29, 0.717) is 23.4 Å². The molecule has 0 saturated carbocycles. The van der Waals surface area contributed by atoms with Crippen molar-refractivity contribution in [1.82, 2.24) is 0 Å². The molecule has 1 amide bonds. The first-order valence-electron chi connectivity index (χ1n) is 7.85. The zero-order valence-electron chi connectivity index (χ0n) is 13.0. The molecular weight excluding hydrogens is 290 g/mol. The molecular formula is C19H19NO3. The minimum absolute atomic E-state index is 0.138. The molecule has 0 aliphatic carbocycles. The van der Waals surface area contributed by atoms with Gasteiger partial charge in [-0.05, 0) is 37.1 Å². The third kappa shape index (κ3) is 2.45. The molecule has 0 aromatic heterocycles. The van der Waals surface area contributed by atoms with E-state index in [2.05, 4.69) is 0 Å². The Morgan fingerprint density at radius 3 is 2.35 bits per heavy atom. The maximum atomic E-state index is 13.0. The Balaban J connectivity index is 2.17. The highest BCUT2D eigenvalue weighted by Gasteiger charge is 2.51. The standard InChI is InChI=1S/C19H19NO3/c1-2-3-13-19(23)17(21)15-11-7-8-12-16(15)20(18(19)22)14-9-5-4-6-10-14/h4-12,23H,2-3,13H2,1H3/t19-/m0/s1. The fourth-order valence-corrected chi connectivity index (χ4v) is 2.96. The SMILES string of the molecule is CCCC[C@]1(O)C(=O)c2ccccc2N(c2ccccc2)C1=O. The third-order valence-electron chi connectivity index (χ3n) is 4.23. The number of anilines is 2. The van der Waals surface area contributed by atoms with Crippen LogP contribution < -0.4 is 4.90 Å². The van der Waals surface area contributed by atoms with Crippen molar-refractivity contribution in [3.8, 4) is 0 Å². The summed E-state index contributed by atoms with van der Waals surface area (Å²) in [7, 11) is 0. The lowest BCUT2D eigenvalue weighted by atomic mass is 9.82. The van der Waals surface area contributed by atoms with E-state index in [-0.39, 0.29) is 6.42 Å². The monoisotopic (exact) mass is 309 g/mol. The summed E-state index contributed by atoms with van der Waals surface area (Å²) in [5.74, 6) is -1.07. The van der Waals surface area contributed by atoms with E-state index in [1.165, 1.54) is 4.90 Å². The average molecular weight is 309 g/mol. The van der Waals surface area contributed by atoms with E-state index in [4.69, 9.17) is 0 Å². The van der Waals surface area contributed by atoms with Gasteiger partial charge in [0.2, 0.25) is 11.4 Å². The van der Waals surface area contributed by atoms with E-state index >= 15 is 0 Å². The molecule has 4 heteroatoms. The summed E-state index contributed by atoms with van der Waals surface area (Å²) < 4.78 is 0. The fourth-order valence-electron chi connectivity index (χ4n) is 2.96. The number of carbonyl (C=O) groups excluding carboxylic acids is 2. The number of amides is 1. The Labute approximate surface area is 135 Å². The van der Waals surface area contributed by atoms with Crippen molar-refractivity contribution < 1.29 is 14.7 Å². The molecule has 0 bridgehead atoms. The maximum Gasteiger partial charge on any atom is 0.271 e. The Morgan fingerprint density at radius 2 is 1.65 bits per heavy atom. The van der Waals surface area contributed by atoms with Crippen LogP contribution in [0.1, 0.15) is 36.5 Å². The first kappa shape index (κ1) is 15.4. The van der Waals surface area contributed by atoms with Gasteiger partial charge in [-0.15, -0.1) is 0 Å². The Kier molecular flexibility index (Phi) is 4.01. The minimum atomic E-state index is -1.99. The second-order valence-corrected chi connectivity index (χ2v) is 5.79. The Hall–Kier alpha value is -2.46. The van der Waals surface area contributed by atoms with Gasteiger partial charge in [-0.3, -0.25) is 14.5 Å². The maximum absolute atomic E-state index is 13.0. The zero-order chi connectivity index (χ0) is 16.4. The van der Waals surface area contributed by atoms with Gasteiger partial charge in [0.1, 0.15) is 0 Å². The highest BCUT2D eigenvalue weighted by Crippen LogP contribution is 2.39. The van der Waals surface area contributed by atoms with Crippen LogP contribution in [-0.2, 0) is 4.79 Å². The number of benzene rings is 2. The summed E-state index contributed by atoms with van der Waals surface area (Å²) in [6.45, 7) is 1.96. The molecule has 23 heavy (non-hydrogen) atoms. The molecule has 118 valence electrons. The fraction of sp³-hybridized carbons (Fsp3) is 0.263. The normalized spacial score (nSPS) is 20.5. The first-order valence-corrected chi connectivity index (χ1v) is 7.85. The van der Waals surface area contributed by atoms with Crippen LogP contribution >= 0.6 is 0 Å². The number of nitrogens with zero attached hydrogens (tertiary/aromatic N) is 1. The number of unbranched alkanes of at least 4 members (excludes halogenated alkanes) is 1. The Morgan fingerprint density at radius 1 is 1.00 bits per heavy atom. The number of fused-ring (bicyclic) bond motifs is 1. The summed E-state index contributed by atoms with van der Waals surface area (Å²) in [5.41, 5.74) is -0.433. The van der Waals surface area contributed by atoms with Crippen LogP contribution in [-0.4, -0.2) is 22.4 Å². The molecule has 0 spiro atoms. The average Bonchev–Trinajstić information content (AvgIpc) is 2.59. The molecule has 3 rings (SSSR count). The number of aliphatic hydroxyl groups is 1. The highest BCUT2D eigenvalue weighted by molar-refractivity contribution is 6.29. The highest BCUT2D eigenvalue weighted by atomic mass is 16.3. The van der Waals surface area contributed by atoms with E-state index in [9.17, 15) is 14.7 Å². The second-order valence-electron chi connectivity index (χ2n) is 5.79. The number of para-hydroxylation sites is 2. The van der Waals surface area contributed by atoms with Gasteiger partial charge in [0.15, 0.2) is 0 Å². The molecule has 4 nitrogen and oxygen atoms in total. The number of rotatable bonds is 4. The lowest BCUT2D eigenvalue weighted by Crippen LogP contribution is -2.56. The lowest BCUT2D eigenvalue weighted by Gasteiger charge is -2.38. The van der Waals surface area contributed by atoms with Crippen LogP contribution in [0.25, 0.3) is 0 Å². The second kappa shape index (κ2) is 5.97. The predicted molar refractivity (Wildman–Crippen MR) is 88.8 cm³/mol. The number of hydrogen-bond donors (Lipinski definition) is 1. The Bertz CT molecular complexity index is 741. The molecule has 0 unspecified atom stereocenters. The van der Waals surface area contributed by atoms with Crippen LogP contribution in [0.3, 0.4) is 0 Å². The molecule has 2 aromatic carbocycles. The molecule has 1 aliphatic heterocycles. The summed E-state index contributed by atoms with van der Waals surface area (Å²) in [6, 6.07) is 16.0. The molecule has 0 radical (unpaired) electrons. The third-order valence-corrected chi connectivity index (χ3v) is 4.23. The summed E-state index contributed by atoms with van der Waals surface area (Å²) in [5, 5.41) is 10.9. The van der Waals surface area contributed by atoms with Crippen molar-refractivity contribution >= 4 is 23.1 Å². The summed E-state index contributed by atoms with van der Waals surface area (Å²) in [4.78, 5) is 27.2. The van der Waals surface area contributed by atoms with E-state index < -0.39 is 17.3 Å². The van der Waals surface area contributed by atoms with Crippen molar-refractivity contribution in [3.63, 3.8) is 0 Å². The van der Waals surface area contributed by atoms with E-state index in [1.807, 2.05) is 25.1 Å². The quantitative estimate of drug-likeness (QED) is 0.880. The largest absolute Gasteiger partial charge is 0.373 e. The van der Waals surface area contributed by atoms with Gasteiger partial charge >= 0.3 is 0 Å². The zero-order valence-corrected chi connectivity index (χ0v) is 13.0. The van der Waals surface area contributed by atoms with Crippen molar-refractivity contribution in [2.75, 3.05) is 4.90 Å². The van der Waals surface area contributed by atoms with Crippen molar-refractivity contribution in [3.05, 3.63) is 60.2 Å². The first-order chi connectivity index (χ1) is 11.1. The molecule has 1 aliphatic rings. The summed E-state index contributed by atoms with van der Waals surface area (Å²) >= 11 is 0. The van der Waals surface area contributed by atoms with Gasteiger partial charge in [-0.1, -0.05) is 43.7 Å². The van der Waals surface area contributed by atoms with E-state index in [1.54, 1.807) is 36.4 Å². The van der Waals surface area contributed by atoms with Gasteiger partial charge < -0.3 is 5.11 Å². The van der Waals surface area contributed by atoms with Crippen molar-refractivity contribution in [2.45, 2.75) is 31.8 Å². The number of Topliss-reactive ketones (excluding diaryl/α,β-unsaturated/α-hetero) is 1. The molecule has 0 saturated heterocycles. The number of ketones is 1.